The summed E-state index contributed by atoms with van der Waals surface area (Å²) in [6.45, 7) is 1.57. The first-order valence-electron chi connectivity index (χ1n) is 8.37. The molecule has 2 aliphatic heterocycles. The van der Waals surface area contributed by atoms with Crippen molar-refractivity contribution in [2.75, 3.05) is 19.9 Å². The van der Waals surface area contributed by atoms with Crippen LogP contribution in [-0.2, 0) is 11.2 Å². The summed E-state index contributed by atoms with van der Waals surface area (Å²) in [5, 5.41) is 0. The van der Waals surface area contributed by atoms with Crippen LogP contribution in [0.25, 0.3) is 0 Å². The zero-order chi connectivity index (χ0) is 17.1. The van der Waals surface area contributed by atoms with E-state index in [0.717, 1.165) is 30.7 Å². The molecule has 7 nitrogen and oxygen atoms in total. The number of nitrogens with zero attached hydrogens (tertiary/aromatic N) is 3. The van der Waals surface area contributed by atoms with Gasteiger partial charge in [0.2, 0.25) is 18.6 Å². The van der Waals surface area contributed by atoms with Crippen LogP contribution in [0.15, 0.2) is 36.8 Å². The van der Waals surface area contributed by atoms with Crippen molar-refractivity contribution in [3.63, 3.8) is 0 Å². The third-order valence-corrected chi connectivity index (χ3v) is 4.37. The lowest BCUT2D eigenvalue weighted by molar-refractivity contribution is -0.133. The average Bonchev–Trinajstić information content (AvgIpc) is 3.10. The molecule has 0 spiro atoms. The number of hydrogen-bond acceptors (Lipinski definition) is 6. The average molecular weight is 341 g/mol. The third-order valence-electron chi connectivity index (χ3n) is 4.37. The van der Waals surface area contributed by atoms with Gasteiger partial charge in [-0.1, -0.05) is 6.07 Å². The molecule has 0 N–H and O–H groups in total. The van der Waals surface area contributed by atoms with Crippen LogP contribution in [-0.4, -0.2) is 46.8 Å². The molecule has 1 unspecified atom stereocenters. The van der Waals surface area contributed by atoms with Crippen molar-refractivity contribution in [2.24, 2.45) is 0 Å². The largest absolute Gasteiger partial charge is 0.472 e. The summed E-state index contributed by atoms with van der Waals surface area (Å²) in [4.78, 5) is 22.5. The minimum atomic E-state index is -0.0376. The second-order valence-electron chi connectivity index (χ2n) is 6.13. The van der Waals surface area contributed by atoms with Gasteiger partial charge in [-0.25, -0.2) is 9.97 Å². The number of ether oxygens (including phenoxy) is 3. The van der Waals surface area contributed by atoms with Gasteiger partial charge >= 0.3 is 0 Å². The van der Waals surface area contributed by atoms with Gasteiger partial charge < -0.3 is 19.1 Å². The predicted molar refractivity (Wildman–Crippen MR) is 88.5 cm³/mol. The van der Waals surface area contributed by atoms with Gasteiger partial charge in [0, 0.05) is 18.8 Å². The van der Waals surface area contributed by atoms with E-state index in [1.165, 1.54) is 6.33 Å². The van der Waals surface area contributed by atoms with Crippen molar-refractivity contribution in [3.8, 4) is 17.4 Å². The maximum absolute atomic E-state index is 12.6. The van der Waals surface area contributed by atoms with Crippen molar-refractivity contribution in [1.82, 2.24) is 14.9 Å². The van der Waals surface area contributed by atoms with Gasteiger partial charge in [-0.05, 0) is 30.5 Å². The lowest BCUT2D eigenvalue weighted by Gasteiger charge is -2.32. The number of amides is 1. The maximum Gasteiger partial charge on any atom is 0.231 e. The fourth-order valence-electron chi connectivity index (χ4n) is 3.12. The Morgan fingerprint density at radius 2 is 2.20 bits per heavy atom. The van der Waals surface area contributed by atoms with E-state index in [1.54, 1.807) is 12.3 Å². The van der Waals surface area contributed by atoms with Gasteiger partial charge in [-0.2, -0.15) is 0 Å². The third kappa shape index (κ3) is 3.65. The molecule has 3 heterocycles. The van der Waals surface area contributed by atoms with Crippen LogP contribution in [0.1, 0.15) is 18.4 Å². The Morgan fingerprint density at radius 3 is 3.08 bits per heavy atom. The predicted octanol–water partition coefficient (Wildman–Crippen LogP) is 1.82. The molecule has 1 atom stereocenters. The molecule has 2 aromatic rings. The van der Waals surface area contributed by atoms with Crippen molar-refractivity contribution in [2.45, 2.75) is 25.4 Å². The lowest BCUT2D eigenvalue weighted by atomic mass is 10.1. The maximum atomic E-state index is 12.6. The van der Waals surface area contributed by atoms with Crippen molar-refractivity contribution in [3.05, 3.63) is 42.4 Å². The van der Waals surface area contributed by atoms with E-state index in [1.807, 2.05) is 23.1 Å². The Balaban J connectivity index is 1.36. The van der Waals surface area contributed by atoms with E-state index >= 15 is 0 Å². The summed E-state index contributed by atoms with van der Waals surface area (Å²) in [5.41, 5.74) is 0.924. The van der Waals surface area contributed by atoms with Crippen molar-refractivity contribution < 1.29 is 19.0 Å². The molecule has 1 fully saturated rings. The number of carbonyl (C=O) groups excluding carboxylic acids is 1. The highest BCUT2D eigenvalue weighted by Gasteiger charge is 2.25. The van der Waals surface area contributed by atoms with Crippen molar-refractivity contribution >= 4 is 5.91 Å². The molecule has 2 aliphatic rings. The highest BCUT2D eigenvalue weighted by molar-refractivity contribution is 5.79. The van der Waals surface area contributed by atoms with Crippen molar-refractivity contribution in [1.29, 1.82) is 0 Å². The number of rotatable bonds is 4. The second-order valence-corrected chi connectivity index (χ2v) is 6.13. The normalized spacial score (nSPS) is 18.9. The topological polar surface area (TPSA) is 73.8 Å². The van der Waals surface area contributed by atoms with E-state index in [2.05, 4.69) is 9.97 Å². The second kappa shape index (κ2) is 6.96. The Kier molecular flexibility index (Phi) is 4.37. The minimum Gasteiger partial charge on any atom is -0.472 e. The molecule has 0 bridgehead atoms. The molecular weight excluding hydrogens is 322 g/mol. The molecule has 4 rings (SSSR count). The van der Waals surface area contributed by atoms with Gasteiger partial charge in [0.1, 0.15) is 12.4 Å². The van der Waals surface area contributed by atoms with Gasteiger partial charge in [-0.15, -0.1) is 0 Å². The molecule has 0 saturated carbocycles. The first kappa shape index (κ1) is 15.7. The van der Waals surface area contributed by atoms with Crippen LogP contribution in [0.4, 0.5) is 0 Å². The molecule has 7 heteroatoms. The van der Waals surface area contributed by atoms with Crippen LogP contribution in [0, 0.1) is 0 Å². The lowest BCUT2D eigenvalue weighted by Crippen LogP contribution is -2.45. The van der Waals surface area contributed by atoms with Crippen LogP contribution in [0.2, 0.25) is 0 Å². The van der Waals surface area contributed by atoms with Gasteiger partial charge in [-0.3, -0.25) is 4.79 Å². The van der Waals surface area contributed by atoms with E-state index in [-0.39, 0.29) is 18.8 Å². The summed E-state index contributed by atoms with van der Waals surface area (Å²) in [6.07, 6.45) is 5.25. The Labute approximate surface area is 145 Å². The summed E-state index contributed by atoms with van der Waals surface area (Å²) < 4.78 is 16.5. The monoisotopic (exact) mass is 341 g/mol. The van der Waals surface area contributed by atoms with Gasteiger partial charge in [0.05, 0.1) is 13.0 Å². The standard InChI is InChI=1S/C18H19N3O4/c22-18(9-13-3-4-15-16(8-13)24-12-23-15)21-7-1-2-14(10-21)25-17-5-6-19-11-20-17/h3-6,8,11,14H,1-2,7,9-10,12H2. The fourth-order valence-corrected chi connectivity index (χ4v) is 3.12. The first-order valence-corrected chi connectivity index (χ1v) is 8.37. The smallest absolute Gasteiger partial charge is 0.231 e. The Morgan fingerprint density at radius 1 is 1.28 bits per heavy atom. The molecule has 0 radical (unpaired) electrons. The molecule has 1 aromatic carbocycles. The quantitative estimate of drug-likeness (QED) is 0.844. The van der Waals surface area contributed by atoms with Gasteiger partial charge in [0.25, 0.3) is 0 Å². The van der Waals surface area contributed by atoms with E-state index in [4.69, 9.17) is 14.2 Å². The molecule has 1 amide bonds. The Hall–Kier alpha value is -2.83. The highest BCUT2D eigenvalue weighted by Crippen LogP contribution is 2.32. The first-order chi connectivity index (χ1) is 12.3. The summed E-state index contributed by atoms with van der Waals surface area (Å²) >= 11 is 0. The van der Waals surface area contributed by atoms with Crippen LogP contribution >= 0.6 is 0 Å². The van der Waals surface area contributed by atoms with E-state index < -0.39 is 0 Å². The number of piperidine rings is 1. The summed E-state index contributed by atoms with van der Waals surface area (Å²) in [6, 6.07) is 7.36. The molecule has 130 valence electrons. The number of carbonyl (C=O) groups is 1. The molecule has 1 aromatic heterocycles. The highest BCUT2D eigenvalue weighted by atomic mass is 16.7. The fraction of sp³-hybridized carbons (Fsp3) is 0.389. The summed E-state index contributed by atoms with van der Waals surface area (Å²) in [5.74, 6) is 2.07. The molecule has 1 saturated heterocycles. The molecule has 0 aliphatic carbocycles. The number of aromatic nitrogens is 2. The number of fused-ring (bicyclic) bond motifs is 1. The van der Waals surface area contributed by atoms with E-state index in [0.29, 0.717) is 24.6 Å². The van der Waals surface area contributed by atoms with Crippen LogP contribution in [0.3, 0.4) is 0 Å². The van der Waals surface area contributed by atoms with E-state index in [9.17, 15) is 4.79 Å². The SMILES string of the molecule is O=C(Cc1ccc2c(c1)OCO2)N1CCCC(Oc2ccncn2)C1. The zero-order valence-electron chi connectivity index (χ0n) is 13.8. The number of likely N-dealkylation sites (tertiary alicyclic amines) is 1. The van der Waals surface area contributed by atoms with Crippen LogP contribution in [0.5, 0.6) is 17.4 Å². The minimum absolute atomic E-state index is 0.0376. The molecular formula is C18H19N3O4. The molecule has 25 heavy (non-hydrogen) atoms. The summed E-state index contributed by atoms with van der Waals surface area (Å²) in [7, 11) is 0. The van der Waals surface area contributed by atoms with Crippen LogP contribution < -0.4 is 14.2 Å². The number of benzene rings is 1. The Bertz CT molecular complexity index is 753. The van der Waals surface area contributed by atoms with Gasteiger partial charge in [0.15, 0.2) is 11.5 Å². The zero-order valence-corrected chi connectivity index (χ0v) is 13.8. The number of hydrogen-bond donors (Lipinski definition) is 0.